The van der Waals surface area contributed by atoms with E-state index in [1.54, 1.807) is 0 Å². The van der Waals surface area contributed by atoms with Gasteiger partial charge < -0.3 is 25.3 Å². The summed E-state index contributed by atoms with van der Waals surface area (Å²) in [5.41, 5.74) is 0. The van der Waals surface area contributed by atoms with Crippen molar-refractivity contribution in [3.63, 3.8) is 0 Å². The van der Waals surface area contributed by atoms with E-state index < -0.39 is 42.8 Å². The van der Waals surface area contributed by atoms with E-state index in [0.29, 0.717) is 12.2 Å². The number of hydrogen-bond donors (Lipinski definition) is 0. The Kier molecular flexibility index (Phi) is 6.52. The summed E-state index contributed by atoms with van der Waals surface area (Å²) < 4.78 is 38.9. The van der Waals surface area contributed by atoms with Crippen molar-refractivity contribution in [2.24, 2.45) is 5.92 Å². The van der Waals surface area contributed by atoms with Crippen molar-refractivity contribution in [2.75, 3.05) is 0 Å². The van der Waals surface area contributed by atoms with E-state index in [4.69, 9.17) is 25.3 Å². The summed E-state index contributed by atoms with van der Waals surface area (Å²) in [5, 5.41) is 0. The summed E-state index contributed by atoms with van der Waals surface area (Å²) in [7, 11) is -11.9. The zero-order valence-electron chi connectivity index (χ0n) is 19.2. The molecule has 0 aromatic heterocycles. The van der Waals surface area contributed by atoms with Gasteiger partial charge in [-0.05, 0) is 96.6 Å². The smallest absolute Gasteiger partial charge is 0.317 e. The van der Waals surface area contributed by atoms with Crippen LogP contribution >= 0.6 is 0 Å². The van der Waals surface area contributed by atoms with E-state index in [-0.39, 0.29) is 0 Å². The van der Waals surface area contributed by atoms with Crippen LogP contribution < -0.4 is 0 Å². The average molecular weight is 481 g/mol. The Morgan fingerprint density at radius 1 is 0.607 bits per heavy atom. The number of rotatable bonds is 3. The van der Waals surface area contributed by atoms with Gasteiger partial charge in [0.15, 0.2) is 0 Å². The Hall–Kier alpha value is 0.844. The molecule has 3 unspecified atom stereocenters. The van der Waals surface area contributed by atoms with Crippen LogP contribution in [0.2, 0.25) is 65.0 Å². The molecule has 28 heavy (non-hydrogen) atoms. The largest absolute Gasteiger partial charge is 0.416 e. The second-order valence-corrected chi connectivity index (χ2v) is 28.7. The summed E-state index contributed by atoms with van der Waals surface area (Å²) in [5.74, 6) is 0.729. The minimum atomic E-state index is -2.44. The summed E-state index contributed by atoms with van der Waals surface area (Å²) in [6, 6.07) is 0.999. The van der Waals surface area contributed by atoms with Gasteiger partial charge in [0.05, 0.1) is 12.2 Å². The number of hydrogen-bond acceptors (Lipinski definition) is 6. The lowest BCUT2D eigenvalue weighted by atomic mass is 9.88. The Labute approximate surface area is 176 Å². The first-order valence-electron chi connectivity index (χ1n) is 10.7. The highest BCUT2D eigenvalue weighted by molar-refractivity contribution is 6.93. The van der Waals surface area contributed by atoms with Crippen molar-refractivity contribution in [3.8, 4) is 0 Å². The maximum Gasteiger partial charge on any atom is 0.317 e. The first-order chi connectivity index (χ1) is 12.6. The normalized spacial score (nSPS) is 38.2. The molecule has 3 fully saturated rings. The summed E-state index contributed by atoms with van der Waals surface area (Å²) >= 11 is 0. The average Bonchev–Trinajstić information content (AvgIpc) is 3.16. The van der Waals surface area contributed by atoms with Crippen molar-refractivity contribution in [2.45, 2.75) is 103 Å². The van der Waals surface area contributed by atoms with E-state index in [9.17, 15) is 0 Å². The van der Waals surface area contributed by atoms with Gasteiger partial charge >= 0.3 is 42.8 Å². The fourth-order valence-corrected chi connectivity index (χ4v) is 32.2. The highest BCUT2D eigenvalue weighted by atomic mass is 28.5. The van der Waals surface area contributed by atoms with Gasteiger partial charge in [0.1, 0.15) is 0 Å². The summed E-state index contributed by atoms with van der Waals surface area (Å²) in [6.07, 6.45) is 5.94. The third-order valence-corrected chi connectivity index (χ3v) is 25.9. The van der Waals surface area contributed by atoms with Crippen molar-refractivity contribution in [1.82, 2.24) is 0 Å². The molecule has 0 spiro atoms. The second kappa shape index (κ2) is 7.76. The van der Waals surface area contributed by atoms with Crippen molar-refractivity contribution in [1.29, 1.82) is 0 Å². The van der Waals surface area contributed by atoms with Crippen LogP contribution in [0.15, 0.2) is 0 Å². The molecule has 2 saturated heterocycles. The highest BCUT2D eigenvalue weighted by Gasteiger charge is 2.52. The molecule has 1 aliphatic carbocycles. The first-order valence-corrected chi connectivity index (χ1v) is 24.5. The maximum absolute atomic E-state index is 6.80. The molecule has 0 aromatic carbocycles. The quantitative estimate of drug-likeness (QED) is 0.422. The third-order valence-electron chi connectivity index (χ3n) is 5.52. The van der Waals surface area contributed by atoms with Crippen LogP contribution in [-0.4, -0.2) is 55.0 Å². The minimum Gasteiger partial charge on any atom is -0.416 e. The zero-order valence-corrected chi connectivity index (χ0v) is 24.2. The van der Waals surface area contributed by atoms with Crippen LogP contribution in [0, 0.1) is 5.92 Å². The molecular weight excluding hydrogens is 441 g/mol. The molecule has 164 valence electrons. The Morgan fingerprint density at radius 3 is 1.54 bits per heavy atom. The lowest BCUT2D eigenvalue weighted by molar-refractivity contribution is 0.232. The van der Waals surface area contributed by atoms with Gasteiger partial charge in [0.25, 0.3) is 0 Å². The van der Waals surface area contributed by atoms with Crippen molar-refractivity contribution >= 4 is 42.8 Å². The molecule has 0 aromatic rings. The molecule has 0 radical (unpaired) electrons. The van der Waals surface area contributed by atoms with Gasteiger partial charge in [0.2, 0.25) is 0 Å². The lowest BCUT2D eigenvalue weighted by Crippen LogP contribution is -2.64. The molecule has 2 heterocycles. The van der Waals surface area contributed by atoms with Gasteiger partial charge in [-0.15, -0.1) is 0 Å². The molecule has 0 amide bonds. The molecular formula is C17H40O6Si5. The minimum absolute atomic E-state index is 0.526. The SMILES string of the molecule is C[Si]1(C)O[Si](C)(C)O[Si](C)(C)O[Si](C)(CCC2CCC3OC3C2)O[Si](C)(C)O1. The van der Waals surface area contributed by atoms with Gasteiger partial charge in [-0.3, -0.25) is 0 Å². The Balaban J connectivity index is 1.76. The number of ether oxygens (including phenoxy) is 1. The van der Waals surface area contributed by atoms with Crippen LogP contribution in [-0.2, 0) is 25.3 Å². The Morgan fingerprint density at radius 2 is 1.07 bits per heavy atom. The number of epoxide rings is 1. The molecule has 2 aliphatic heterocycles. The van der Waals surface area contributed by atoms with Gasteiger partial charge in [-0.1, -0.05) is 0 Å². The van der Waals surface area contributed by atoms with E-state index in [1.165, 1.54) is 19.3 Å². The van der Waals surface area contributed by atoms with Gasteiger partial charge in [-0.25, -0.2) is 0 Å². The third kappa shape index (κ3) is 6.67. The zero-order chi connectivity index (χ0) is 21.0. The van der Waals surface area contributed by atoms with E-state index in [0.717, 1.165) is 18.4 Å². The maximum atomic E-state index is 6.80. The monoisotopic (exact) mass is 480 g/mol. The first kappa shape index (κ1) is 23.5. The topological polar surface area (TPSA) is 58.7 Å². The van der Waals surface area contributed by atoms with E-state index >= 15 is 0 Å². The van der Waals surface area contributed by atoms with Crippen LogP contribution in [0.4, 0.5) is 0 Å². The van der Waals surface area contributed by atoms with Gasteiger partial charge in [0, 0.05) is 0 Å². The van der Waals surface area contributed by atoms with E-state index in [1.807, 2.05) is 0 Å². The molecule has 3 rings (SSSR count). The van der Waals surface area contributed by atoms with Crippen LogP contribution in [0.3, 0.4) is 0 Å². The van der Waals surface area contributed by atoms with Crippen LogP contribution in [0.1, 0.15) is 25.7 Å². The fourth-order valence-electron chi connectivity index (χ4n) is 5.24. The molecule has 0 N–H and O–H groups in total. The number of fused-ring (bicyclic) bond motifs is 1. The molecule has 1 saturated carbocycles. The molecule has 3 atom stereocenters. The Bertz CT molecular complexity index is 554. The molecule has 11 heteroatoms. The van der Waals surface area contributed by atoms with Crippen molar-refractivity contribution in [3.05, 3.63) is 0 Å². The molecule has 6 nitrogen and oxygen atoms in total. The summed E-state index contributed by atoms with van der Waals surface area (Å²) in [4.78, 5) is 0. The molecule has 3 aliphatic rings. The van der Waals surface area contributed by atoms with Crippen LogP contribution in [0.25, 0.3) is 0 Å². The van der Waals surface area contributed by atoms with Gasteiger partial charge in [-0.2, -0.15) is 0 Å². The van der Waals surface area contributed by atoms with E-state index in [2.05, 4.69) is 58.9 Å². The predicted octanol–water partition coefficient (Wildman–Crippen LogP) is 4.92. The fraction of sp³-hybridized carbons (Fsp3) is 1.00. The predicted molar refractivity (Wildman–Crippen MR) is 122 cm³/mol. The molecule has 0 bridgehead atoms. The standard InChI is InChI=1S/C17H40O6Si5/c1-24(2)19-25(3,4)21-27(7,8)23-28(9,22-26(5,6)20-24)13-12-15-10-11-16-17(14-15)18-16/h15-17H,10-14H2,1-9H3. The highest BCUT2D eigenvalue weighted by Crippen LogP contribution is 2.42. The summed E-state index contributed by atoms with van der Waals surface area (Å²) in [6.45, 7) is 19.3. The second-order valence-electron chi connectivity index (χ2n) is 10.7. The van der Waals surface area contributed by atoms with Crippen LogP contribution in [0.5, 0.6) is 0 Å². The van der Waals surface area contributed by atoms with Crippen molar-refractivity contribution < 1.29 is 25.3 Å². The lowest BCUT2D eigenvalue weighted by Gasteiger charge is -2.47.